The molecule has 1 aliphatic rings. The van der Waals surface area contributed by atoms with Crippen LogP contribution >= 0.6 is 24.0 Å². The number of halogens is 1. The smallest absolute Gasteiger partial charge is 0.225 e. The van der Waals surface area contributed by atoms with E-state index in [9.17, 15) is 0 Å². The lowest BCUT2D eigenvalue weighted by molar-refractivity contribution is 0.370. The highest BCUT2D eigenvalue weighted by molar-refractivity contribution is 14.0. The van der Waals surface area contributed by atoms with Crippen molar-refractivity contribution in [3.8, 4) is 5.88 Å². The Balaban J connectivity index is 0.00000261. The third-order valence-electron chi connectivity index (χ3n) is 4.17. The molecule has 0 atom stereocenters. The second kappa shape index (κ2) is 10.9. The Bertz CT molecular complexity index is 703. The standard InChI is InChI=1S/C18H25N7O.HI/c1-3-19-17(23-14-15-5-6-16(26-2)22-13-15)24-9-11-25(12-10-24)18-20-7-4-8-21-18;/h4-8,13H,3,9-12,14H2,1-2H3,(H,19,23);1H. The number of nitrogens with zero attached hydrogens (tertiary/aromatic N) is 6. The number of piperazine rings is 1. The van der Waals surface area contributed by atoms with Gasteiger partial charge in [0.25, 0.3) is 0 Å². The molecule has 0 radical (unpaired) electrons. The van der Waals surface area contributed by atoms with Crippen LogP contribution in [0.25, 0.3) is 0 Å². The lowest BCUT2D eigenvalue weighted by Crippen LogP contribution is -2.52. The first-order valence-corrected chi connectivity index (χ1v) is 8.84. The summed E-state index contributed by atoms with van der Waals surface area (Å²) in [4.78, 5) is 22.1. The van der Waals surface area contributed by atoms with Crippen LogP contribution in [0.5, 0.6) is 5.88 Å². The fourth-order valence-electron chi connectivity index (χ4n) is 2.79. The number of methoxy groups -OCH3 is 1. The summed E-state index contributed by atoms with van der Waals surface area (Å²) in [6.45, 7) is 7.01. The van der Waals surface area contributed by atoms with Gasteiger partial charge in [-0.25, -0.2) is 19.9 Å². The molecule has 27 heavy (non-hydrogen) atoms. The predicted octanol–water partition coefficient (Wildman–Crippen LogP) is 1.79. The molecule has 146 valence electrons. The SMILES string of the molecule is CCNC(=NCc1ccc(OC)nc1)N1CCN(c2ncccn2)CC1.I. The molecule has 2 aromatic rings. The molecule has 8 nitrogen and oxygen atoms in total. The highest BCUT2D eigenvalue weighted by Gasteiger charge is 2.20. The van der Waals surface area contributed by atoms with E-state index in [2.05, 4.69) is 37.0 Å². The highest BCUT2D eigenvalue weighted by atomic mass is 127. The zero-order chi connectivity index (χ0) is 18.2. The fraction of sp³-hybridized carbons (Fsp3) is 0.444. The third-order valence-corrected chi connectivity index (χ3v) is 4.17. The van der Waals surface area contributed by atoms with Crippen LogP contribution in [-0.4, -0.2) is 65.6 Å². The summed E-state index contributed by atoms with van der Waals surface area (Å²) < 4.78 is 5.09. The first kappa shape index (κ1) is 21.1. The molecule has 1 fully saturated rings. The van der Waals surface area contributed by atoms with E-state index in [1.165, 1.54) is 0 Å². The molecule has 0 saturated carbocycles. The van der Waals surface area contributed by atoms with Crippen LogP contribution in [0.15, 0.2) is 41.8 Å². The molecule has 2 aromatic heterocycles. The first-order valence-electron chi connectivity index (χ1n) is 8.84. The Morgan fingerprint density at radius 1 is 1.15 bits per heavy atom. The number of hydrogen-bond donors (Lipinski definition) is 1. The molecule has 1 N–H and O–H groups in total. The van der Waals surface area contributed by atoms with E-state index in [1.54, 1.807) is 25.7 Å². The number of ether oxygens (including phenoxy) is 1. The third kappa shape index (κ3) is 5.91. The number of rotatable bonds is 5. The van der Waals surface area contributed by atoms with Gasteiger partial charge >= 0.3 is 0 Å². The van der Waals surface area contributed by atoms with E-state index < -0.39 is 0 Å². The van der Waals surface area contributed by atoms with Crippen LogP contribution in [0.3, 0.4) is 0 Å². The van der Waals surface area contributed by atoms with Gasteiger partial charge in [-0.2, -0.15) is 0 Å². The van der Waals surface area contributed by atoms with E-state index in [0.29, 0.717) is 12.4 Å². The summed E-state index contributed by atoms with van der Waals surface area (Å²) in [5, 5.41) is 3.38. The molecule has 0 aromatic carbocycles. The summed E-state index contributed by atoms with van der Waals surface area (Å²) in [7, 11) is 1.61. The number of anilines is 1. The Morgan fingerprint density at radius 3 is 2.48 bits per heavy atom. The monoisotopic (exact) mass is 483 g/mol. The van der Waals surface area contributed by atoms with Gasteiger partial charge in [-0.05, 0) is 18.6 Å². The molecular formula is C18H26IN7O. The molecule has 0 bridgehead atoms. The quantitative estimate of drug-likeness (QED) is 0.395. The van der Waals surface area contributed by atoms with Crippen molar-refractivity contribution in [2.24, 2.45) is 4.99 Å². The van der Waals surface area contributed by atoms with Crippen LogP contribution in [0.2, 0.25) is 0 Å². The van der Waals surface area contributed by atoms with E-state index in [-0.39, 0.29) is 24.0 Å². The molecule has 0 amide bonds. The van der Waals surface area contributed by atoms with Gasteiger partial charge in [0, 0.05) is 57.4 Å². The average molecular weight is 483 g/mol. The Labute approximate surface area is 177 Å². The summed E-state index contributed by atoms with van der Waals surface area (Å²) in [5.41, 5.74) is 1.05. The Morgan fingerprint density at radius 2 is 1.89 bits per heavy atom. The largest absolute Gasteiger partial charge is 0.481 e. The van der Waals surface area contributed by atoms with E-state index in [0.717, 1.165) is 50.2 Å². The molecule has 3 heterocycles. The average Bonchev–Trinajstić information content (AvgIpc) is 2.72. The van der Waals surface area contributed by atoms with Gasteiger partial charge in [0.1, 0.15) is 0 Å². The van der Waals surface area contributed by atoms with Gasteiger partial charge in [0.2, 0.25) is 11.8 Å². The fourth-order valence-corrected chi connectivity index (χ4v) is 2.79. The van der Waals surface area contributed by atoms with Gasteiger partial charge in [-0.1, -0.05) is 6.07 Å². The van der Waals surface area contributed by atoms with Crippen LogP contribution in [0.1, 0.15) is 12.5 Å². The number of hydrogen-bond acceptors (Lipinski definition) is 6. The number of pyridine rings is 1. The van der Waals surface area contributed by atoms with E-state index in [1.807, 2.05) is 18.2 Å². The predicted molar refractivity (Wildman–Crippen MR) is 117 cm³/mol. The minimum absolute atomic E-state index is 0. The molecule has 0 unspecified atom stereocenters. The van der Waals surface area contributed by atoms with Crippen molar-refractivity contribution in [2.45, 2.75) is 13.5 Å². The van der Waals surface area contributed by atoms with Crippen molar-refractivity contribution in [3.63, 3.8) is 0 Å². The second-order valence-electron chi connectivity index (χ2n) is 5.90. The maximum absolute atomic E-state index is 5.09. The topological polar surface area (TPSA) is 78.8 Å². The summed E-state index contributed by atoms with van der Waals surface area (Å²) in [6, 6.07) is 5.68. The minimum atomic E-state index is 0. The molecule has 1 aliphatic heterocycles. The second-order valence-corrected chi connectivity index (χ2v) is 5.90. The zero-order valence-corrected chi connectivity index (χ0v) is 18.0. The maximum atomic E-state index is 5.09. The van der Waals surface area contributed by atoms with Crippen molar-refractivity contribution in [1.29, 1.82) is 0 Å². The maximum Gasteiger partial charge on any atom is 0.225 e. The first-order chi connectivity index (χ1) is 12.8. The summed E-state index contributed by atoms with van der Waals surface area (Å²) >= 11 is 0. The van der Waals surface area contributed by atoms with Crippen molar-refractivity contribution in [1.82, 2.24) is 25.2 Å². The van der Waals surface area contributed by atoms with Crippen LogP contribution < -0.4 is 15.0 Å². The zero-order valence-electron chi connectivity index (χ0n) is 15.7. The normalized spacial score (nSPS) is 14.5. The molecule has 0 spiro atoms. The Hall–Kier alpha value is -2.17. The van der Waals surface area contributed by atoms with Crippen LogP contribution in [-0.2, 0) is 6.54 Å². The van der Waals surface area contributed by atoms with Gasteiger partial charge < -0.3 is 19.9 Å². The highest BCUT2D eigenvalue weighted by Crippen LogP contribution is 2.11. The van der Waals surface area contributed by atoms with Gasteiger partial charge in [-0.15, -0.1) is 24.0 Å². The van der Waals surface area contributed by atoms with Crippen molar-refractivity contribution in [3.05, 3.63) is 42.4 Å². The van der Waals surface area contributed by atoms with Gasteiger partial charge in [0.05, 0.1) is 13.7 Å². The molecule has 0 aliphatic carbocycles. The molecule has 9 heteroatoms. The van der Waals surface area contributed by atoms with Crippen molar-refractivity contribution < 1.29 is 4.74 Å². The lowest BCUT2D eigenvalue weighted by Gasteiger charge is -2.36. The van der Waals surface area contributed by atoms with Gasteiger partial charge in [0.15, 0.2) is 5.96 Å². The number of nitrogens with one attached hydrogen (secondary N) is 1. The van der Waals surface area contributed by atoms with E-state index in [4.69, 9.17) is 9.73 Å². The van der Waals surface area contributed by atoms with Crippen LogP contribution in [0.4, 0.5) is 5.95 Å². The van der Waals surface area contributed by atoms with Gasteiger partial charge in [-0.3, -0.25) is 0 Å². The molecular weight excluding hydrogens is 457 g/mol. The van der Waals surface area contributed by atoms with Crippen molar-refractivity contribution in [2.75, 3.05) is 44.7 Å². The number of aromatic nitrogens is 3. The minimum Gasteiger partial charge on any atom is -0.481 e. The van der Waals surface area contributed by atoms with Crippen LogP contribution in [0, 0.1) is 0 Å². The Kier molecular flexibility index (Phi) is 8.49. The number of guanidine groups is 1. The molecule has 1 saturated heterocycles. The van der Waals surface area contributed by atoms with E-state index >= 15 is 0 Å². The summed E-state index contributed by atoms with van der Waals surface area (Å²) in [6.07, 6.45) is 5.36. The summed E-state index contributed by atoms with van der Waals surface area (Å²) in [5.74, 6) is 2.33. The van der Waals surface area contributed by atoms with Crippen molar-refractivity contribution >= 4 is 35.9 Å². The molecule has 3 rings (SSSR count). The lowest BCUT2D eigenvalue weighted by atomic mass is 10.3. The number of aliphatic imine (C=N–C) groups is 1.